The zero-order chi connectivity index (χ0) is 20.5. The number of hydrogen-bond acceptors (Lipinski definition) is 6. The van der Waals surface area contributed by atoms with Crippen LogP contribution in [-0.2, 0) is 4.79 Å². The molecule has 0 saturated heterocycles. The van der Waals surface area contributed by atoms with E-state index in [2.05, 4.69) is 10.1 Å². The number of amides is 1. The van der Waals surface area contributed by atoms with Crippen LogP contribution in [-0.4, -0.2) is 27.9 Å². The number of aromatic nitrogens is 2. The third-order valence-corrected chi connectivity index (χ3v) is 4.55. The van der Waals surface area contributed by atoms with E-state index in [1.54, 1.807) is 17.6 Å². The molecule has 1 heterocycles. The largest absolute Gasteiger partial charge is 0.494 e. The highest BCUT2D eigenvalue weighted by molar-refractivity contribution is 6.30. The smallest absolute Gasteiger partial charge is 0.258 e. The molecule has 2 N–H and O–H groups in total. The first-order chi connectivity index (χ1) is 14.2. The summed E-state index contributed by atoms with van der Waals surface area (Å²) in [6.07, 6.45) is 3.82. The molecule has 7 nitrogen and oxygen atoms in total. The molecule has 8 heteroatoms. The van der Waals surface area contributed by atoms with Gasteiger partial charge in [0.2, 0.25) is 11.7 Å². The molecule has 0 aliphatic rings. The van der Waals surface area contributed by atoms with Crippen LogP contribution in [0.4, 0.5) is 0 Å². The van der Waals surface area contributed by atoms with E-state index in [9.17, 15) is 4.79 Å². The van der Waals surface area contributed by atoms with Gasteiger partial charge in [-0.25, -0.2) is 5.48 Å². The van der Waals surface area contributed by atoms with Crippen LogP contribution < -0.4 is 10.2 Å². The summed E-state index contributed by atoms with van der Waals surface area (Å²) in [4.78, 5) is 15.4. The molecule has 0 aliphatic heterocycles. The summed E-state index contributed by atoms with van der Waals surface area (Å²) in [5, 5.41) is 13.1. The second-order valence-electron chi connectivity index (χ2n) is 6.51. The van der Waals surface area contributed by atoms with Crippen molar-refractivity contribution in [1.29, 1.82) is 0 Å². The first-order valence-electron chi connectivity index (χ1n) is 9.41. The van der Waals surface area contributed by atoms with Crippen molar-refractivity contribution in [2.45, 2.75) is 32.1 Å². The Morgan fingerprint density at radius 3 is 2.66 bits per heavy atom. The molecule has 152 valence electrons. The maximum Gasteiger partial charge on any atom is 0.258 e. The molecular weight excluding hydrogens is 394 g/mol. The molecule has 2 aromatic carbocycles. The predicted octanol–water partition coefficient (Wildman–Crippen LogP) is 4.89. The van der Waals surface area contributed by atoms with Gasteiger partial charge in [0, 0.05) is 22.6 Å². The van der Waals surface area contributed by atoms with Gasteiger partial charge in [0.25, 0.3) is 5.89 Å². The van der Waals surface area contributed by atoms with Crippen molar-refractivity contribution in [3.63, 3.8) is 0 Å². The number of hydrogen-bond donors (Lipinski definition) is 2. The molecule has 0 bridgehead atoms. The van der Waals surface area contributed by atoms with E-state index in [4.69, 9.17) is 26.1 Å². The molecule has 0 aliphatic carbocycles. The summed E-state index contributed by atoms with van der Waals surface area (Å²) < 4.78 is 11.2. The number of unbranched alkanes of at least 4 members (excludes halogenated alkanes) is 3. The maximum absolute atomic E-state index is 10.9. The average Bonchev–Trinajstić information content (AvgIpc) is 3.24. The molecule has 1 aromatic heterocycles. The van der Waals surface area contributed by atoms with Crippen molar-refractivity contribution >= 4 is 17.5 Å². The standard InChI is InChI=1S/C21H22ClN3O4/c22-17-11-9-15(10-12-17)20-23-21(29-25-20)16-6-5-7-18(14-16)28-13-4-2-1-3-8-19(26)24-27/h5-7,9-12,14,27H,1-4,8,13H2,(H,24,26). The van der Waals surface area contributed by atoms with Gasteiger partial charge in [-0.2, -0.15) is 4.98 Å². The van der Waals surface area contributed by atoms with E-state index < -0.39 is 0 Å². The summed E-state index contributed by atoms with van der Waals surface area (Å²) in [7, 11) is 0. The number of benzene rings is 2. The van der Waals surface area contributed by atoms with Crippen molar-refractivity contribution in [2.75, 3.05) is 6.61 Å². The van der Waals surface area contributed by atoms with E-state index in [1.807, 2.05) is 36.4 Å². The van der Waals surface area contributed by atoms with Gasteiger partial charge in [0.05, 0.1) is 6.61 Å². The van der Waals surface area contributed by atoms with E-state index >= 15 is 0 Å². The Morgan fingerprint density at radius 1 is 1.07 bits per heavy atom. The normalized spacial score (nSPS) is 10.7. The molecule has 0 saturated carbocycles. The molecule has 0 radical (unpaired) electrons. The SMILES string of the molecule is O=C(CCCCCCOc1cccc(-c2nc(-c3ccc(Cl)cc3)no2)c1)NO. The summed E-state index contributed by atoms with van der Waals surface area (Å²) in [5.74, 6) is 1.30. The molecule has 3 aromatic rings. The quantitative estimate of drug-likeness (QED) is 0.278. The second-order valence-corrected chi connectivity index (χ2v) is 6.94. The minimum absolute atomic E-state index is 0.335. The highest BCUT2D eigenvalue weighted by Gasteiger charge is 2.11. The summed E-state index contributed by atoms with van der Waals surface area (Å²) >= 11 is 5.91. The van der Waals surface area contributed by atoms with Gasteiger partial charge < -0.3 is 9.26 Å². The minimum atomic E-state index is -0.349. The van der Waals surface area contributed by atoms with Crippen LogP contribution in [0.3, 0.4) is 0 Å². The highest BCUT2D eigenvalue weighted by Crippen LogP contribution is 2.26. The number of ether oxygens (including phenoxy) is 1. The Morgan fingerprint density at radius 2 is 1.86 bits per heavy atom. The lowest BCUT2D eigenvalue weighted by atomic mass is 10.1. The first kappa shape index (κ1) is 20.8. The average molecular weight is 416 g/mol. The summed E-state index contributed by atoms with van der Waals surface area (Å²) in [6.45, 7) is 0.579. The Bertz CT molecular complexity index is 928. The van der Waals surface area contributed by atoms with Crippen molar-refractivity contribution in [1.82, 2.24) is 15.6 Å². The van der Waals surface area contributed by atoms with Crippen molar-refractivity contribution in [2.24, 2.45) is 0 Å². The van der Waals surface area contributed by atoms with Crippen LogP contribution in [0, 0.1) is 0 Å². The molecule has 0 atom stereocenters. The van der Waals surface area contributed by atoms with Crippen molar-refractivity contribution in [3.8, 4) is 28.6 Å². The molecule has 0 unspecified atom stereocenters. The highest BCUT2D eigenvalue weighted by atomic mass is 35.5. The summed E-state index contributed by atoms with van der Waals surface area (Å²) in [6, 6.07) is 14.8. The van der Waals surface area contributed by atoms with E-state index in [0.29, 0.717) is 29.8 Å². The molecule has 29 heavy (non-hydrogen) atoms. The van der Waals surface area contributed by atoms with Crippen LogP contribution in [0.2, 0.25) is 5.02 Å². The van der Waals surface area contributed by atoms with Crippen LogP contribution >= 0.6 is 11.6 Å². The Labute approximate surface area is 173 Å². The lowest BCUT2D eigenvalue weighted by molar-refractivity contribution is -0.129. The van der Waals surface area contributed by atoms with Gasteiger partial charge in [-0.3, -0.25) is 10.0 Å². The summed E-state index contributed by atoms with van der Waals surface area (Å²) in [5.41, 5.74) is 3.24. The number of rotatable bonds is 10. The van der Waals surface area contributed by atoms with Gasteiger partial charge >= 0.3 is 0 Å². The van der Waals surface area contributed by atoms with Crippen molar-refractivity contribution in [3.05, 3.63) is 53.6 Å². The maximum atomic E-state index is 10.9. The Hall–Kier alpha value is -2.90. The van der Waals surface area contributed by atoms with E-state index in [1.165, 1.54) is 0 Å². The molecular formula is C21H22ClN3O4. The van der Waals surface area contributed by atoms with Gasteiger partial charge in [-0.05, 0) is 55.3 Å². The monoisotopic (exact) mass is 415 g/mol. The van der Waals surface area contributed by atoms with Crippen LogP contribution in [0.25, 0.3) is 22.8 Å². The molecule has 1 amide bonds. The predicted molar refractivity (Wildman–Crippen MR) is 109 cm³/mol. The van der Waals surface area contributed by atoms with Crippen LogP contribution in [0.15, 0.2) is 53.1 Å². The minimum Gasteiger partial charge on any atom is -0.494 e. The zero-order valence-electron chi connectivity index (χ0n) is 15.8. The second kappa shape index (κ2) is 10.6. The van der Waals surface area contributed by atoms with Crippen LogP contribution in [0.1, 0.15) is 32.1 Å². The fraction of sp³-hybridized carbons (Fsp3) is 0.286. The fourth-order valence-electron chi connectivity index (χ4n) is 2.76. The lowest BCUT2D eigenvalue weighted by Crippen LogP contribution is -2.17. The number of carbonyl (C=O) groups excluding carboxylic acids is 1. The molecule has 0 fully saturated rings. The third-order valence-electron chi connectivity index (χ3n) is 4.30. The Kier molecular flexibility index (Phi) is 7.61. The topological polar surface area (TPSA) is 97.5 Å². The number of nitrogens with zero attached hydrogens (tertiary/aromatic N) is 2. The zero-order valence-corrected chi connectivity index (χ0v) is 16.6. The number of carbonyl (C=O) groups is 1. The van der Waals surface area contributed by atoms with Gasteiger partial charge in [-0.1, -0.05) is 35.7 Å². The third kappa shape index (κ3) is 6.30. The van der Waals surface area contributed by atoms with E-state index in [-0.39, 0.29) is 5.91 Å². The van der Waals surface area contributed by atoms with Gasteiger partial charge in [0.15, 0.2) is 0 Å². The van der Waals surface area contributed by atoms with Gasteiger partial charge in [0.1, 0.15) is 5.75 Å². The van der Waals surface area contributed by atoms with Crippen LogP contribution in [0.5, 0.6) is 5.75 Å². The number of hydroxylamine groups is 1. The fourth-order valence-corrected chi connectivity index (χ4v) is 2.89. The van der Waals surface area contributed by atoms with Crippen molar-refractivity contribution < 1.29 is 19.3 Å². The lowest BCUT2D eigenvalue weighted by Gasteiger charge is -2.07. The molecule has 3 rings (SSSR count). The molecule has 0 spiro atoms. The Balaban J connectivity index is 1.50. The first-order valence-corrected chi connectivity index (χ1v) is 9.79. The number of nitrogens with one attached hydrogen (secondary N) is 1. The van der Waals surface area contributed by atoms with Gasteiger partial charge in [-0.15, -0.1) is 0 Å². The number of halogens is 1. The van der Waals surface area contributed by atoms with E-state index in [0.717, 1.165) is 42.6 Å².